The molecule has 1 N–H and O–H groups in total. The Morgan fingerprint density at radius 1 is 0.852 bits per heavy atom. The molecule has 1 rings (SSSR count). The van der Waals surface area contributed by atoms with Crippen LogP contribution in [0.5, 0.6) is 0 Å². The van der Waals surface area contributed by atoms with Gasteiger partial charge in [0, 0.05) is 6.54 Å². The van der Waals surface area contributed by atoms with Crippen molar-refractivity contribution < 1.29 is 9.90 Å². The lowest BCUT2D eigenvalue weighted by molar-refractivity contribution is -0.147. The van der Waals surface area contributed by atoms with Crippen LogP contribution < -0.4 is 0 Å². The summed E-state index contributed by atoms with van der Waals surface area (Å²) in [5.74, 6) is -0.681. The smallest absolute Gasteiger partial charge is 0.315 e. The first-order valence-electron chi connectivity index (χ1n) is 11.4. The summed E-state index contributed by atoms with van der Waals surface area (Å²) in [5, 5.41) is 9.86. The molecule has 1 atom stereocenters. The zero-order valence-corrected chi connectivity index (χ0v) is 17.9. The van der Waals surface area contributed by atoms with Crippen LogP contribution in [0.25, 0.3) is 0 Å². The van der Waals surface area contributed by atoms with Crippen LogP contribution in [-0.4, -0.2) is 35.6 Å². The van der Waals surface area contributed by atoms with E-state index in [1.54, 1.807) is 0 Å². The highest BCUT2D eigenvalue weighted by Crippen LogP contribution is 2.30. The molecule has 1 unspecified atom stereocenters. The fourth-order valence-electron chi connectivity index (χ4n) is 3.91. The number of aliphatic carboxylic acids is 1. The van der Waals surface area contributed by atoms with Gasteiger partial charge in [-0.05, 0) is 32.4 Å². The van der Waals surface area contributed by atoms with Crippen LogP contribution in [0, 0.1) is 5.41 Å². The van der Waals surface area contributed by atoms with E-state index < -0.39 is 11.4 Å². The van der Waals surface area contributed by atoms with Crippen molar-refractivity contribution in [1.82, 2.24) is 4.90 Å². The first kappa shape index (κ1) is 23.9. The maximum atomic E-state index is 12.0. The lowest BCUT2D eigenvalue weighted by atomic mass is 9.81. The predicted octanol–water partition coefficient (Wildman–Crippen LogP) is 6.60. The number of carboxylic acid groups (broad SMARTS) is 1. The van der Waals surface area contributed by atoms with E-state index in [1.165, 1.54) is 77.0 Å². The van der Waals surface area contributed by atoms with Crippen LogP contribution >= 0.6 is 0 Å². The quantitative estimate of drug-likeness (QED) is 0.290. The maximum absolute atomic E-state index is 12.0. The highest BCUT2D eigenvalue weighted by molar-refractivity contribution is 5.78. The minimum atomic E-state index is -0.737. The topological polar surface area (TPSA) is 40.5 Å². The minimum Gasteiger partial charge on any atom is -0.481 e. The monoisotopic (exact) mass is 377 g/mol. The van der Waals surface area contributed by atoms with Crippen LogP contribution in [0.3, 0.4) is 0 Å². The van der Waals surface area contributed by atoms with Crippen molar-refractivity contribution in [2.45, 2.75) is 97.3 Å². The van der Waals surface area contributed by atoms with E-state index in [0.717, 1.165) is 13.1 Å². The molecule has 156 valence electrons. The molecule has 1 aliphatic rings. The Morgan fingerprint density at radius 2 is 1.37 bits per heavy atom. The Labute approximate surface area is 167 Å². The molecule has 3 nitrogen and oxygen atoms in total. The number of unbranched alkanes of at least 4 members (excludes halogenated alkanes) is 10. The van der Waals surface area contributed by atoms with Crippen LogP contribution in [0.2, 0.25) is 0 Å². The van der Waals surface area contributed by atoms with E-state index in [2.05, 4.69) is 18.7 Å². The minimum absolute atomic E-state index is 0.613. The Kier molecular flexibility index (Phi) is 13.2. The van der Waals surface area contributed by atoms with Gasteiger partial charge in [0.2, 0.25) is 0 Å². The van der Waals surface area contributed by atoms with Gasteiger partial charge in [-0.25, -0.2) is 0 Å². The van der Waals surface area contributed by atoms with Crippen LogP contribution in [0.1, 0.15) is 97.3 Å². The Morgan fingerprint density at radius 3 is 1.81 bits per heavy atom. The maximum Gasteiger partial charge on any atom is 0.315 e. The lowest BCUT2D eigenvalue weighted by Crippen LogP contribution is -2.43. The molecule has 0 aromatic rings. The normalized spacial score (nSPS) is 19.1. The summed E-state index contributed by atoms with van der Waals surface area (Å²) in [6.07, 6.45) is 23.8. The van der Waals surface area contributed by atoms with E-state index in [1.807, 2.05) is 24.3 Å². The molecule has 0 aliphatic heterocycles. The standard InChI is InChI=1S/C24H43NO2/c1-3-5-7-9-11-16-20-25(21-17-12-10-8-6-4-2)22-24(23(26)27)18-14-13-15-19-24/h13-15,18H,3-12,16-17,19-22H2,1-2H3,(H,26,27). The van der Waals surface area contributed by atoms with Gasteiger partial charge in [-0.2, -0.15) is 0 Å². The molecule has 0 aromatic carbocycles. The molecule has 0 radical (unpaired) electrons. The van der Waals surface area contributed by atoms with Crippen molar-refractivity contribution in [1.29, 1.82) is 0 Å². The molecule has 0 amide bonds. The van der Waals surface area contributed by atoms with Gasteiger partial charge in [0.1, 0.15) is 5.41 Å². The molecular formula is C24H43NO2. The Hall–Kier alpha value is -1.09. The fourth-order valence-corrected chi connectivity index (χ4v) is 3.91. The lowest BCUT2D eigenvalue weighted by Gasteiger charge is -2.33. The summed E-state index contributed by atoms with van der Waals surface area (Å²) < 4.78 is 0. The molecule has 1 aliphatic carbocycles. The second-order valence-corrected chi connectivity index (χ2v) is 8.26. The van der Waals surface area contributed by atoms with Crippen molar-refractivity contribution in [3.05, 3.63) is 24.3 Å². The molecule has 0 saturated heterocycles. The fraction of sp³-hybridized carbons (Fsp3) is 0.792. The van der Waals surface area contributed by atoms with Gasteiger partial charge < -0.3 is 10.0 Å². The average Bonchev–Trinajstić information content (AvgIpc) is 2.67. The molecule has 0 fully saturated rings. The van der Waals surface area contributed by atoms with Gasteiger partial charge in [0.15, 0.2) is 0 Å². The SMILES string of the molecule is CCCCCCCCN(CCCCCCCC)CC1(C(=O)O)C=CC=CC1. The number of allylic oxidation sites excluding steroid dienone is 3. The van der Waals surface area contributed by atoms with Gasteiger partial charge in [-0.3, -0.25) is 4.79 Å². The number of carboxylic acids is 1. The van der Waals surface area contributed by atoms with Crippen LogP contribution in [0.4, 0.5) is 0 Å². The van der Waals surface area contributed by atoms with Crippen molar-refractivity contribution in [2.24, 2.45) is 5.41 Å². The molecule has 0 saturated carbocycles. The number of carbonyl (C=O) groups is 1. The van der Waals surface area contributed by atoms with Gasteiger partial charge in [-0.15, -0.1) is 0 Å². The van der Waals surface area contributed by atoms with Gasteiger partial charge >= 0.3 is 5.97 Å². The zero-order valence-electron chi connectivity index (χ0n) is 17.9. The summed E-state index contributed by atoms with van der Waals surface area (Å²) in [5.41, 5.74) is -0.737. The average molecular weight is 378 g/mol. The molecule has 0 aromatic heterocycles. The van der Waals surface area contributed by atoms with Gasteiger partial charge in [-0.1, -0.05) is 102 Å². The summed E-state index contributed by atoms with van der Waals surface area (Å²) >= 11 is 0. The molecular weight excluding hydrogens is 334 g/mol. The first-order valence-corrected chi connectivity index (χ1v) is 11.4. The van der Waals surface area contributed by atoms with Crippen molar-refractivity contribution in [3.8, 4) is 0 Å². The van der Waals surface area contributed by atoms with E-state index >= 15 is 0 Å². The van der Waals surface area contributed by atoms with Crippen molar-refractivity contribution in [3.63, 3.8) is 0 Å². The number of nitrogens with zero attached hydrogens (tertiary/aromatic N) is 1. The van der Waals surface area contributed by atoms with Gasteiger partial charge in [0.25, 0.3) is 0 Å². The zero-order chi connectivity index (χ0) is 19.8. The molecule has 0 bridgehead atoms. The molecule has 0 spiro atoms. The largest absolute Gasteiger partial charge is 0.481 e. The molecule has 3 heteroatoms. The van der Waals surface area contributed by atoms with Crippen molar-refractivity contribution in [2.75, 3.05) is 19.6 Å². The molecule has 27 heavy (non-hydrogen) atoms. The second kappa shape index (κ2) is 14.9. The van der Waals surface area contributed by atoms with E-state index in [4.69, 9.17) is 0 Å². The first-order chi connectivity index (χ1) is 13.1. The summed E-state index contributed by atoms with van der Waals surface area (Å²) in [7, 11) is 0. The van der Waals surface area contributed by atoms with Crippen LogP contribution in [-0.2, 0) is 4.79 Å². The third-order valence-corrected chi connectivity index (χ3v) is 5.73. The highest BCUT2D eigenvalue weighted by atomic mass is 16.4. The molecule has 0 heterocycles. The van der Waals surface area contributed by atoms with E-state index in [-0.39, 0.29) is 0 Å². The number of hydrogen-bond donors (Lipinski definition) is 1. The summed E-state index contributed by atoms with van der Waals surface area (Å²) in [4.78, 5) is 14.4. The number of rotatable bonds is 17. The third kappa shape index (κ3) is 10.1. The van der Waals surface area contributed by atoms with Crippen molar-refractivity contribution >= 4 is 5.97 Å². The summed E-state index contributed by atoms with van der Waals surface area (Å²) in [6, 6.07) is 0. The van der Waals surface area contributed by atoms with Gasteiger partial charge in [0.05, 0.1) is 0 Å². The van der Waals surface area contributed by atoms with Crippen LogP contribution in [0.15, 0.2) is 24.3 Å². The van der Waals surface area contributed by atoms with E-state index in [9.17, 15) is 9.90 Å². The highest BCUT2D eigenvalue weighted by Gasteiger charge is 2.37. The Bertz CT molecular complexity index is 428. The predicted molar refractivity (Wildman–Crippen MR) is 116 cm³/mol. The van der Waals surface area contributed by atoms with E-state index in [0.29, 0.717) is 13.0 Å². The summed E-state index contributed by atoms with van der Waals surface area (Å²) in [6.45, 7) is 7.22. The second-order valence-electron chi connectivity index (χ2n) is 8.26. The third-order valence-electron chi connectivity index (χ3n) is 5.73. The Balaban J connectivity index is 2.48. The number of hydrogen-bond acceptors (Lipinski definition) is 2.